The summed E-state index contributed by atoms with van der Waals surface area (Å²) in [5, 5.41) is 12.0. The lowest BCUT2D eigenvalue weighted by Gasteiger charge is -2.48. The lowest BCUT2D eigenvalue weighted by molar-refractivity contribution is -0.418. The third-order valence-corrected chi connectivity index (χ3v) is 9.68. The van der Waals surface area contributed by atoms with Crippen molar-refractivity contribution in [2.45, 2.75) is 31.1 Å². The van der Waals surface area contributed by atoms with Crippen molar-refractivity contribution in [3.8, 4) is 0 Å². The first-order valence-electron chi connectivity index (χ1n) is 10.6. The average Bonchev–Trinajstić information content (AvgIpc) is 2.79. The summed E-state index contributed by atoms with van der Waals surface area (Å²) in [6.45, 7) is 6.98. The quantitative estimate of drug-likeness (QED) is 0.251. The fourth-order valence-corrected chi connectivity index (χ4v) is 7.68. The SMILES string of the molecule is C[Si](C)(C)C1(c2ccccc2)CC(c2ccccc2)=CC([N+](=O)[O-])=C1c1ccccc1. The molecule has 0 saturated carbocycles. The first-order chi connectivity index (χ1) is 14.8. The number of hydrogen-bond donors (Lipinski definition) is 0. The monoisotopic (exact) mass is 425 g/mol. The third kappa shape index (κ3) is 3.68. The van der Waals surface area contributed by atoms with Crippen molar-refractivity contribution in [3.63, 3.8) is 0 Å². The van der Waals surface area contributed by atoms with Gasteiger partial charge in [0, 0.05) is 16.7 Å². The van der Waals surface area contributed by atoms with E-state index in [4.69, 9.17) is 0 Å². The summed E-state index contributed by atoms with van der Waals surface area (Å²) in [5.41, 5.74) is 5.23. The Morgan fingerprint density at radius 2 is 1.26 bits per heavy atom. The molecule has 3 nitrogen and oxygen atoms in total. The van der Waals surface area contributed by atoms with Gasteiger partial charge < -0.3 is 0 Å². The molecule has 0 spiro atoms. The highest BCUT2D eigenvalue weighted by atomic mass is 28.3. The lowest BCUT2D eigenvalue weighted by Crippen LogP contribution is -2.52. The van der Waals surface area contributed by atoms with Gasteiger partial charge in [0.2, 0.25) is 0 Å². The van der Waals surface area contributed by atoms with E-state index in [0.717, 1.165) is 34.3 Å². The van der Waals surface area contributed by atoms with Crippen molar-refractivity contribution in [2.24, 2.45) is 0 Å². The van der Waals surface area contributed by atoms with Crippen LogP contribution >= 0.6 is 0 Å². The molecule has 1 unspecified atom stereocenters. The number of allylic oxidation sites excluding steroid dienone is 3. The van der Waals surface area contributed by atoms with Gasteiger partial charge >= 0.3 is 0 Å². The summed E-state index contributed by atoms with van der Waals surface area (Å²) < 4.78 is 0. The smallest absolute Gasteiger partial charge is 0.258 e. The largest absolute Gasteiger partial charge is 0.274 e. The van der Waals surface area contributed by atoms with Gasteiger partial charge in [0.15, 0.2) is 0 Å². The van der Waals surface area contributed by atoms with E-state index in [1.54, 1.807) is 6.08 Å². The number of nitrogens with zero attached hydrogens (tertiary/aromatic N) is 1. The first-order valence-corrected chi connectivity index (χ1v) is 14.1. The maximum Gasteiger partial charge on any atom is 0.274 e. The molecule has 1 aliphatic carbocycles. The van der Waals surface area contributed by atoms with Gasteiger partial charge in [-0.1, -0.05) is 111 Å². The normalized spacial score (nSPS) is 19.1. The Kier molecular flexibility index (Phi) is 5.50. The maximum atomic E-state index is 12.5. The summed E-state index contributed by atoms with van der Waals surface area (Å²) in [4.78, 5) is 12.3. The number of hydrogen-bond acceptors (Lipinski definition) is 2. The van der Waals surface area contributed by atoms with Crippen LogP contribution in [0.1, 0.15) is 23.1 Å². The minimum atomic E-state index is -2.06. The highest BCUT2D eigenvalue weighted by molar-refractivity contribution is 6.81. The second kappa shape index (κ2) is 8.12. The molecule has 0 amide bonds. The minimum absolute atomic E-state index is 0.192. The van der Waals surface area contributed by atoms with Crippen molar-refractivity contribution < 1.29 is 4.92 Å². The summed E-state index contributed by atoms with van der Waals surface area (Å²) in [6, 6.07) is 30.4. The van der Waals surface area contributed by atoms with Crippen molar-refractivity contribution in [3.05, 3.63) is 130 Å². The van der Waals surface area contributed by atoms with E-state index in [1.807, 2.05) is 66.7 Å². The van der Waals surface area contributed by atoms with E-state index in [2.05, 4.69) is 43.9 Å². The second-order valence-corrected chi connectivity index (χ2v) is 14.5. The topological polar surface area (TPSA) is 43.1 Å². The minimum Gasteiger partial charge on any atom is -0.258 e. The van der Waals surface area contributed by atoms with Gasteiger partial charge in [0.05, 0.1) is 13.0 Å². The van der Waals surface area contributed by atoms with Crippen molar-refractivity contribution in [2.75, 3.05) is 0 Å². The van der Waals surface area contributed by atoms with Gasteiger partial charge in [0.25, 0.3) is 5.70 Å². The molecule has 31 heavy (non-hydrogen) atoms. The molecular formula is C27H27NO2Si. The van der Waals surface area contributed by atoms with Crippen LogP contribution in [0.5, 0.6) is 0 Å². The van der Waals surface area contributed by atoms with Gasteiger partial charge in [0.1, 0.15) is 0 Å². The summed E-state index contributed by atoms with van der Waals surface area (Å²) in [6.07, 6.45) is 2.55. The lowest BCUT2D eigenvalue weighted by atomic mass is 9.75. The average molecular weight is 426 g/mol. The summed E-state index contributed by atoms with van der Waals surface area (Å²) in [5.74, 6) is 0. The van der Waals surface area contributed by atoms with Crippen LogP contribution in [-0.2, 0) is 5.04 Å². The van der Waals surface area contributed by atoms with E-state index in [0.29, 0.717) is 0 Å². The number of benzene rings is 3. The molecule has 0 N–H and O–H groups in total. The molecule has 1 atom stereocenters. The number of rotatable bonds is 5. The van der Waals surface area contributed by atoms with Crippen LogP contribution in [-0.4, -0.2) is 13.0 Å². The second-order valence-electron chi connectivity index (χ2n) is 9.12. The maximum absolute atomic E-state index is 12.5. The Labute approximate surface area is 184 Å². The van der Waals surface area contributed by atoms with Crippen molar-refractivity contribution in [1.29, 1.82) is 0 Å². The zero-order valence-electron chi connectivity index (χ0n) is 18.2. The Hall–Kier alpha value is -3.24. The van der Waals surface area contributed by atoms with Crippen LogP contribution in [0.2, 0.25) is 19.6 Å². The van der Waals surface area contributed by atoms with E-state index in [-0.39, 0.29) is 10.6 Å². The standard InChI is InChI=1S/C27H27NO2Si/c1-31(2,3)27(24-17-11-6-12-18-24)20-23(21-13-7-4-8-14-21)19-25(28(29)30)26(27)22-15-9-5-10-16-22/h4-19H,20H2,1-3H3. The van der Waals surface area contributed by atoms with E-state index in [1.165, 1.54) is 0 Å². The highest BCUT2D eigenvalue weighted by Crippen LogP contribution is 2.55. The molecule has 0 radical (unpaired) electrons. The van der Waals surface area contributed by atoms with Crippen molar-refractivity contribution >= 4 is 19.2 Å². The fourth-order valence-electron chi connectivity index (χ4n) is 4.90. The molecule has 0 saturated heterocycles. The summed E-state index contributed by atoms with van der Waals surface area (Å²) in [7, 11) is -2.06. The molecule has 4 rings (SSSR count). The Morgan fingerprint density at radius 3 is 1.74 bits per heavy atom. The van der Waals surface area contributed by atoms with E-state index in [9.17, 15) is 10.1 Å². The molecule has 3 aromatic rings. The van der Waals surface area contributed by atoms with Gasteiger partial charge in [-0.3, -0.25) is 10.1 Å². The molecule has 0 fully saturated rings. The van der Waals surface area contributed by atoms with Crippen LogP contribution in [0.3, 0.4) is 0 Å². The molecule has 0 heterocycles. The van der Waals surface area contributed by atoms with Crippen LogP contribution in [0.4, 0.5) is 0 Å². The zero-order chi connectivity index (χ0) is 22.1. The Bertz CT molecular complexity index is 1150. The molecule has 156 valence electrons. The molecule has 0 aromatic heterocycles. The predicted octanol–water partition coefficient (Wildman–Crippen LogP) is 6.98. The fraction of sp³-hybridized carbons (Fsp3) is 0.185. The van der Waals surface area contributed by atoms with Crippen LogP contribution in [0, 0.1) is 10.1 Å². The zero-order valence-corrected chi connectivity index (χ0v) is 19.2. The molecule has 3 aromatic carbocycles. The van der Waals surface area contributed by atoms with E-state index >= 15 is 0 Å². The van der Waals surface area contributed by atoms with Crippen LogP contribution < -0.4 is 0 Å². The van der Waals surface area contributed by atoms with Crippen LogP contribution in [0.25, 0.3) is 11.1 Å². The molecular weight excluding hydrogens is 398 g/mol. The third-order valence-electron chi connectivity index (χ3n) is 6.40. The van der Waals surface area contributed by atoms with Gasteiger partial charge in [-0.05, 0) is 28.7 Å². The van der Waals surface area contributed by atoms with Gasteiger partial charge in [-0.2, -0.15) is 0 Å². The Balaban J connectivity index is 2.13. The van der Waals surface area contributed by atoms with Crippen LogP contribution in [0.15, 0.2) is 103 Å². The molecule has 0 bridgehead atoms. The van der Waals surface area contributed by atoms with E-state index < -0.39 is 13.1 Å². The molecule has 4 heteroatoms. The Morgan fingerprint density at radius 1 is 0.774 bits per heavy atom. The summed E-state index contributed by atoms with van der Waals surface area (Å²) >= 11 is 0. The molecule has 1 aliphatic rings. The van der Waals surface area contributed by atoms with Crippen molar-refractivity contribution in [1.82, 2.24) is 0 Å². The predicted molar refractivity (Wildman–Crippen MR) is 131 cm³/mol. The first kappa shape index (κ1) is 21.0. The van der Waals surface area contributed by atoms with Gasteiger partial charge in [-0.25, -0.2) is 0 Å². The number of nitro groups is 1. The highest BCUT2D eigenvalue weighted by Gasteiger charge is 2.53. The molecule has 0 aliphatic heterocycles. The van der Waals surface area contributed by atoms with Gasteiger partial charge in [-0.15, -0.1) is 0 Å².